The molecular formula is C16H19N3O4S. The van der Waals surface area contributed by atoms with E-state index in [1.165, 1.54) is 16.7 Å². The van der Waals surface area contributed by atoms with E-state index in [1.807, 2.05) is 32.0 Å². The van der Waals surface area contributed by atoms with Crippen molar-refractivity contribution in [2.45, 2.75) is 36.1 Å². The van der Waals surface area contributed by atoms with Crippen LogP contribution in [-0.2, 0) is 14.4 Å². The number of benzene rings is 1. The number of nitrogens with two attached hydrogens (primary N) is 1. The summed E-state index contributed by atoms with van der Waals surface area (Å²) >= 11 is 1.47. The SMILES string of the molecule is CC1(C)S[C@@H]2[C@H](NC(=O)COc3ccccc3)C(=O)N2[C@H]1C(N)=O. The Bertz CT molecular complexity index is 679. The molecule has 0 spiro atoms. The Kier molecular flexibility index (Phi) is 4.16. The minimum atomic E-state index is -0.659. The number of ether oxygens (including phenoxy) is 1. The maximum Gasteiger partial charge on any atom is 0.258 e. The maximum atomic E-state index is 12.3. The Morgan fingerprint density at radius 3 is 2.62 bits per heavy atom. The van der Waals surface area contributed by atoms with E-state index >= 15 is 0 Å². The average molecular weight is 349 g/mol. The van der Waals surface area contributed by atoms with Crippen LogP contribution in [0.2, 0.25) is 0 Å². The van der Waals surface area contributed by atoms with E-state index in [0.29, 0.717) is 5.75 Å². The highest BCUT2D eigenvalue weighted by atomic mass is 32.2. The van der Waals surface area contributed by atoms with Crippen LogP contribution in [0.5, 0.6) is 5.75 Å². The zero-order valence-corrected chi connectivity index (χ0v) is 14.2. The summed E-state index contributed by atoms with van der Waals surface area (Å²) in [5.74, 6) is -0.604. The molecule has 3 rings (SSSR count). The van der Waals surface area contributed by atoms with Crippen molar-refractivity contribution >= 4 is 29.5 Å². The summed E-state index contributed by atoms with van der Waals surface area (Å²) in [6, 6.07) is 7.65. The second-order valence-electron chi connectivity index (χ2n) is 6.31. The van der Waals surface area contributed by atoms with Crippen molar-refractivity contribution in [3.8, 4) is 5.75 Å². The molecule has 2 aliphatic heterocycles. The van der Waals surface area contributed by atoms with Gasteiger partial charge >= 0.3 is 0 Å². The molecule has 0 unspecified atom stereocenters. The molecule has 128 valence electrons. The molecule has 2 fully saturated rings. The van der Waals surface area contributed by atoms with Crippen LogP contribution >= 0.6 is 11.8 Å². The summed E-state index contributed by atoms with van der Waals surface area (Å²) in [4.78, 5) is 37.4. The molecule has 0 aliphatic carbocycles. The second kappa shape index (κ2) is 6.01. The van der Waals surface area contributed by atoms with Crippen LogP contribution in [0.15, 0.2) is 30.3 Å². The van der Waals surface area contributed by atoms with Crippen molar-refractivity contribution in [2.75, 3.05) is 6.61 Å². The van der Waals surface area contributed by atoms with Crippen LogP contribution < -0.4 is 15.8 Å². The smallest absolute Gasteiger partial charge is 0.258 e. The lowest BCUT2D eigenvalue weighted by atomic mass is 9.95. The van der Waals surface area contributed by atoms with Crippen LogP contribution in [0.4, 0.5) is 0 Å². The number of para-hydroxylation sites is 1. The number of rotatable bonds is 5. The van der Waals surface area contributed by atoms with Gasteiger partial charge in [-0.3, -0.25) is 14.4 Å². The molecular weight excluding hydrogens is 330 g/mol. The van der Waals surface area contributed by atoms with Gasteiger partial charge in [0.2, 0.25) is 11.8 Å². The number of primary amides is 1. The monoisotopic (exact) mass is 349 g/mol. The summed E-state index contributed by atoms with van der Waals surface area (Å²) in [7, 11) is 0. The molecule has 8 heteroatoms. The first-order valence-electron chi connectivity index (χ1n) is 7.58. The van der Waals surface area contributed by atoms with Crippen molar-refractivity contribution < 1.29 is 19.1 Å². The molecule has 0 bridgehead atoms. The quantitative estimate of drug-likeness (QED) is 0.734. The molecule has 0 radical (unpaired) electrons. The van der Waals surface area contributed by atoms with E-state index in [9.17, 15) is 14.4 Å². The first kappa shape index (κ1) is 16.6. The van der Waals surface area contributed by atoms with Crippen LogP contribution in [0.25, 0.3) is 0 Å². The summed E-state index contributed by atoms with van der Waals surface area (Å²) in [5.41, 5.74) is 5.43. The Hall–Kier alpha value is -2.22. The number of hydrogen-bond acceptors (Lipinski definition) is 5. The number of fused-ring (bicyclic) bond motifs is 1. The third kappa shape index (κ3) is 2.82. The Labute approximate surface area is 143 Å². The Morgan fingerprint density at radius 2 is 2.00 bits per heavy atom. The molecule has 0 saturated carbocycles. The average Bonchev–Trinajstić information content (AvgIpc) is 2.80. The first-order valence-corrected chi connectivity index (χ1v) is 8.46. The minimum Gasteiger partial charge on any atom is -0.484 e. The van der Waals surface area contributed by atoms with E-state index in [-0.39, 0.29) is 23.8 Å². The molecule has 7 nitrogen and oxygen atoms in total. The molecule has 2 heterocycles. The summed E-state index contributed by atoms with van der Waals surface area (Å²) in [5, 5.41) is 2.40. The highest BCUT2D eigenvalue weighted by molar-refractivity contribution is 8.01. The van der Waals surface area contributed by atoms with Gasteiger partial charge in [-0.05, 0) is 26.0 Å². The fourth-order valence-corrected chi connectivity index (χ4v) is 4.73. The van der Waals surface area contributed by atoms with Gasteiger partial charge in [0.25, 0.3) is 5.91 Å². The Morgan fingerprint density at radius 1 is 1.33 bits per heavy atom. The zero-order valence-electron chi connectivity index (χ0n) is 13.4. The minimum absolute atomic E-state index is 0.173. The highest BCUT2D eigenvalue weighted by Crippen LogP contribution is 2.50. The normalized spacial score (nSPS) is 27.2. The summed E-state index contributed by atoms with van der Waals surface area (Å²) in [6.07, 6.45) is 0. The Balaban J connectivity index is 1.59. The van der Waals surface area contributed by atoms with Crippen LogP contribution in [0.1, 0.15) is 13.8 Å². The molecule has 1 aromatic carbocycles. The van der Waals surface area contributed by atoms with Gasteiger partial charge in [0.1, 0.15) is 23.2 Å². The maximum absolute atomic E-state index is 12.3. The van der Waals surface area contributed by atoms with Crippen molar-refractivity contribution in [3.63, 3.8) is 0 Å². The van der Waals surface area contributed by atoms with Gasteiger partial charge in [-0.2, -0.15) is 0 Å². The van der Waals surface area contributed by atoms with Crippen LogP contribution in [0, 0.1) is 0 Å². The molecule has 3 amide bonds. The topological polar surface area (TPSA) is 102 Å². The van der Waals surface area contributed by atoms with E-state index in [4.69, 9.17) is 10.5 Å². The van der Waals surface area contributed by atoms with E-state index < -0.39 is 22.7 Å². The molecule has 0 aromatic heterocycles. The highest BCUT2D eigenvalue weighted by Gasteiger charge is 2.63. The zero-order chi connectivity index (χ0) is 17.5. The predicted octanol–water partition coefficient (Wildman–Crippen LogP) is 0.0978. The number of β-lactam (4-membered cyclic amide) rings is 1. The standard InChI is InChI=1S/C16H19N3O4S/c1-16(2)12(13(17)21)19-14(22)11(15(19)24-16)18-10(20)8-23-9-6-4-3-5-7-9/h3-7,11-12,15H,8H2,1-2H3,(H2,17,21)(H,18,20)/t11-,12+,15-/m1/s1. The third-order valence-corrected chi connectivity index (χ3v) is 5.71. The molecule has 1 aromatic rings. The van der Waals surface area contributed by atoms with Crippen molar-refractivity contribution in [1.29, 1.82) is 0 Å². The van der Waals surface area contributed by atoms with Gasteiger partial charge in [-0.1, -0.05) is 18.2 Å². The molecule has 2 aliphatic rings. The number of nitrogens with one attached hydrogen (secondary N) is 1. The van der Waals surface area contributed by atoms with Crippen molar-refractivity contribution in [3.05, 3.63) is 30.3 Å². The largest absolute Gasteiger partial charge is 0.484 e. The van der Waals surface area contributed by atoms with Crippen LogP contribution in [0.3, 0.4) is 0 Å². The van der Waals surface area contributed by atoms with Crippen LogP contribution in [-0.4, -0.2) is 51.4 Å². The molecule has 3 N–H and O–H groups in total. The van der Waals surface area contributed by atoms with Gasteiger partial charge < -0.3 is 20.7 Å². The predicted molar refractivity (Wildman–Crippen MR) is 89.2 cm³/mol. The van der Waals surface area contributed by atoms with E-state index in [1.54, 1.807) is 12.1 Å². The number of nitrogens with zero attached hydrogens (tertiary/aromatic N) is 1. The number of thioether (sulfide) groups is 1. The lowest BCUT2D eigenvalue weighted by Gasteiger charge is -2.43. The fourth-order valence-electron chi connectivity index (χ4n) is 3.09. The molecule has 24 heavy (non-hydrogen) atoms. The summed E-state index contributed by atoms with van der Waals surface area (Å²) < 4.78 is 4.89. The lowest BCUT2D eigenvalue weighted by molar-refractivity contribution is -0.154. The molecule has 3 atom stereocenters. The molecule has 2 saturated heterocycles. The first-order chi connectivity index (χ1) is 11.3. The van der Waals surface area contributed by atoms with Crippen molar-refractivity contribution in [1.82, 2.24) is 10.2 Å². The van der Waals surface area contributed by atoms with Gasteiger partial charge in [-0.15, -0.1) is 11.8 Å². The lowest BCUT2D eigenvalue weighted by Crippen LogP contribution is -2.71. The number of amides is 3. The van der Waals surface area contributed by atoms with E-state index in [0.717, 1.165) is 0 Å². The summed E-state index contributed by atoms with van der Waals surface area (Å²) in [6.45, 7) is 3.57. The van der Waals surface area contributed by atoms with E-state index in [2.05, 4.69) is 5.32 Å². The van der Waals surface area contributed by atoms with Gasteiger partial charge in [0.15, 0.2) is 6.61 Å². The van der Waals surface area contributed by atoms with Gasteiger partial charge in [0.05, 0.1) is 0 Å². The fraction of sp³-hybridized carbons (Fsp3) is 0.438. The second-order valence-corrected chi connectivity index (χ2v) is 8.08. The number of hydrogen-bond donors (Lipinski definition) is 2. The van der Waals surface area contributed by atoms with Gasteiger partial charge in [-0.25, -0.2) is 0 Å². The number of carbonyl (C=O) groups is 3. The number of carbonyl (C=O) groups excluding carboxylic acids is 3. The van der Waals surface area contributed by atoms with Crippen molar-refractivity contribution in [2.24, 2.45) is 5.73 Å². The third-order valence-electron chi connectivity index (χ3n) is 4.14. The van der Waals surface area contributed by atoms with Gasteiger partial charge in [0, 0.05) is 4.75 Å².